The Kier molecular flexibility index (Phi) is 7.66. The fourth-order valence-electron chi connectivity index (χ4n) is 2.13. The second-order valence-electron chi connectivity index (χ2n) is 5.38. The Bertz CT molecular complexity index is 577. The Hall–Kier alpha value is -1.82. The highest BCUT2D eigenvalue weighted by Crippen LogP contribution is 2.19. The van der Waals surface area contributed by atoms with Gasteiger partial charge >= 0.3 is 0 Å². The Morgan fingerprint density at radius 3 is 2.52 bits per heavy atom. The SMILES string of the molecule is CCCCCCCCSc1ncnc(Nc2ccc(O)cc2)n1. The summed E-state index contributed by atoms with van der Waals surface area (Å²) in [5.41, 5.74) is 0.834. The minimum atomic E-state index is 0.237. The smallest absolute Gasteiger partial charge is 0.231 e. The van der Waals surface area contributed by atoms with Gasteiger partial charge in [0, 0.05) is 11.4 Å². The standard InChI is InChI=1S/C17H24N4OS/c1-2-3-4-5-6-7-12-23-17-19-13-18-16(21-17)20-14-8-10-15(22)11-9-14/h8-11,13,22H,2-7,12H2,1H3,(H,18,19,20,21). The van der Waals surface area contributed by atoms with Gasteiger partial charge in [-0.3, -0.25) is 0 Å². The number of anilines is 2. The molecule has 0 bridgehead atoms. The Labute approximate surface area is 142 Å². The van der Waals surface area contributed by atoms with E-state index in [0.29, 0.717) is 5.95 Å². The average molecular weight is 332 g/mol. The van der Waals surface area contributed by atoms with Crippen LogP contribution in [0.5, 0.6) is 5.75 Å². The molecular formula is C17H24N4OS. The molecule has 0 spiro atoms. The van der Waals surface area contributed by atoms with Crippen LogP contribution in [0.2, 0.25) is 0 Å². The minimum absolute atomic E-state index is 0.237. The first kappa shape index (κ1) is 17.5. The van der Waals surface area contributed by atoms with Crippen molar-refractivity contribution in [2.24, 2.45) is 0 Å². The van der Waals surface area contributed by atoms with Gasteiger partial charge in [-0.1, -0.05) is 50.8 Å². The summed E-state index contributed by atoms with van der Waals surface area (Å²) in [6.07, 6.45) is 9.28. The number of rotatable bonds is 10. The molecule has 0 aliphatic heterocycles. The summed E-state index contributed by atoms with van der Waals surface area (Å²) < 4.78 is 0. The molecule has 0 aliphatic carbocycles. The van der Waals surface area contributed by atoms with Crippen molar-refractivity contribution in [1.82, 2.24) is 15.0 Å². The molecule has 2 N–H and O–H groups in total. The summed E-state index contributed by atoms with van der Waals surface area (Å²) in [6.45, 7) is 2.24. The van der Waals surface area contributed by atoms with Crippen molar-refractivity contribution in [2.45, 2.75) is 50.6 Å². The van der Waals surface area contributed by atoms with E-state index in [1.807, 2.05) is 0 Å². The zero-order valence-corrected chi connectivity index (χ0v) is 14.4. The highest BCUT2D eigenvalue weighted by atomic mass is 32.2. The zero-order valence-electron chi connectivity index (χ0n) is 13.5. The second kappa shape index (κ2) is 10.0. The first-order chi connectivity index (χ1) is 11.3. The number of benzene rings is 1. The second-order valence-corrected chi connectivity index (χ2v) is 6.44. The molecule has 0 unspecified atom stereocenters. The van der Waals surface area contributed by atoms with E-state index < -0.39 is 0 Å². The van der Waals surface area contributed by atoms with Crippen LogP contribution in [0.1, 0.15) is 45.4 Å². The Morgan fingerprint density at radius 2 is 1.74 bits per heavy atom. The fraction of sp³-hybridized carbons (Fsp3) is 0.471. The molecule has 0 aliphatic rings. The average Bonchev–Trinajstić information content (AvgIpc) is 2.57. The molecule has 23 heavy (non-hydrogen) atoms. The molecule has 2 aromatic rings. The molecule has 1 aromatic heterocycles. The van der Waals surface area contributed by atoms with Crippen molar-refractivity contribution in [1.29, 1.82) is 0 Å². The molecule has 0 atom stereocenters. The lowest BCUT2D eigenvalue weighted by Crippen LogP contribution is -1.99. The first-order valence-electron chi connectivity index (χ1n) is 8.16. The van der Waals surface area contributed by atoms with Gasteiger partial charge in [-0.25, -0.2) is 9.97 Å². The number of thioether (sulfide) groups is 1. The molecule has 1 aromatic carbocycles. The van der Waals surface area contributed by atoms with Crippen LogP contribution in [0.15, 0.2) is 35.7 Å². The predicted molar refractivity (Wildman–Crippen MR) is 95.3 cm³/mol. The van der Waals surface area contributed by atoms with Gasteiger partial charge < -0.3 is 10.4 Å². The van der Waals surface area contributed by atoms with E-state index in [9.17, 15) is 5.11 Å². The van der Waals surface area contributed by atoms with Gasteiger partial charge in [-0.15, -0.1) is 0 Å². The minimum Gasteiger partial charge on any atom is -0.508 e. The van der Waals surface area contributed by atoms with Gasteiger partial charge in [0.15, 0.2) is 5.16 Å². The molecule has 0 saturated heterocycles. The lowest BCUT2D eigenvalue weighted by Gasteiger charge is -2.06. The number of phenolic OH excluding ortho intramolecular Hbond substituents is 1. The van der Waals surface area contributed by atoms with Gasteiger partial charge in [0.25, 0.3) is 0 Å². The Balaban J connectivity index is 1.75. The number of phenols is 1. The van der Waals surface area contributed by atoms with Crippen LogP contribution in [0, 0.1) is 0 Å². The summed E-state index contributed by atoms with van der Waals surface area (Å²) in [5, 5.41) is 13.1. The molecule has 1 heterocycles. The number of hydrogen-bond acceptors (Lipinski definition) is 6. The highest BCUT2D eigenvalue weighted by molar-refractivity contribution is 7.99. The first-order valence-corrected chi connectivity index (χ1v) is 9.14. The number of aromatic nitrogens is 3. The number of nitrogens with one attached hydrogen (secondary N) is 1. The lowest BCUT2D eigenvalue weighted by atomic mass is 10.1. The van der Waals surface area contributed by atoms with Crippen molar-refractivity contribution in [2.75, 3.05) is 11.1 Å². The van der Waals surface area contributed by atoms with Crippen molar-refractivity contribution >= 4 is 23.4 Å². The van der Waals surface area contributed by atoms with Gasteiger partial charge in [0.1, 0.15) is 12.1 Å². The third-order valence-electron chi connectivity index (χ3n) is 3.40. The van der Waals surface area contributed by atoms with Crippen molar-refractivity contribution in [3.05, 3.63) is 30.6 Å². The van der Waals surface area contributed by atoms with Crippen LogP contribution in [0.4, 0.5) is 11.6 Å². The predicted octanol–water partition coefficient (Wildman–Crippen LogP) is 4.77. The molecule has 0 amide bonds. The summed E-state index contributed by atoms with van der Waals surface area (Å²) >= 11 is 1.67. The van der Waals surface area contributed by atoms with Crippen molar-refractivity contribution < 1.29 is 5.11 Å². The third kappa shape index (κ3) is 6.86. The molecule has 2 rings (SSSR count). The highest BCUT2D eigenvalue weighted by Gasteiger charge is 2.02. The van der Waals surface area contributed by atoms with Gasteiger partial charge in [0.2, 0.25) is 5.95 Å². The summed E-state index contributed by atoms with van der Waals surface area (Å²) in [7, 11) is 0. The van der Waals surface area contributed by atoms with Gasteiger partial charge in [-0.05, 0) is 30.7 Å². The van der Waals surface area contributed by atoms with Crippen LogP contribution in [-0.4, -0.2) is 25.8 Å². The number of unbranched alkanes of at least 4 members (excludes halogenated alkanes) is 5. The summed E-state index contributed by atoms with van der Waals surface area (Å²) in [5.74, 6) is 1.80. The van der Waals surface area contributed by atoms with Crippen LogP contribution in [-0.2, 0) is 0 Å². The molecule has 6 heteroatoms. The topological polar surface area (TPSA) is 70.9 Å². The molecule has 124 valence electrons. The molecule has 0 radical (unpaired) electrons. The van der Waals surface area contributed by atoms with Crippen LogP contribution in [0.3, 0.4) is 0 Å². The number of hydrogen-bond donors (Lipinski definition) is 2. The van der Waals surface area contributed by atoms with E-state index in [1.165, 1.54) is 44.9 Å². The quantitative estimate of drug-likeness (QED) is 0.371. The van der Waals surface area contributed by atoms with Crippen molar-refractivity contribution in [3.8, 4) is 5.75 Å². The normalized spacial score (nSPS) is 10.7. The fourth-order valence-corrected chi connectivity index (χ4v) is 2.93. The molecule has 0 fully saturated rings. The van der Waals surface area contributed by atoms with E-state index in [2.05, 4.69) is 27.2 Å². The monoisotopic (exact) mass is 332 g/mol. The van der Waals surface area contributed by atoms with E-state index in [-0.39, 0.29) is 5.75 Å². The maximum absolute atomic E-state index is 9.28. The van der Waals surface area contributed by atoms with E-state index in [4.69, 9.17) is 0 Å². The molecule has 0 saturated carbocycles. The maximum Gasteiger partial charge on any atom is 0.231 e. The van der Waals surface area contributed by atoms with Crippen LogP contribution < -0.4 is 5.32 Å². The molecule has 5 nitrogen and oxygen atoms in total. The van der Waals surface area contributed by atoms with E-state index >= 15 is 0 Å². The van der Waals surface area contributed by atoms with E-state index in [1.54, 1.807) is 36.0 Å². The lowest BCUT2D eigenvalue weighted by molar-refractivity contribution is 0.475. The summed E-state index contributed by atoms with van der Waals surface area (Å²) in [4.78, 5) is 12.7. The van der Waals surface area contributed by atoms with Crippen LogP contribution in [0.25, 0.3) is 0 Å². The van der Waals surface area contributed by atoms with Crippen LogP contribution >= 0.6 is 11.8 Å². The van der Waals surface area contributed by atoms with Crippen molar-refractivity contribution in [3.63, 3.8) is 0 Å². The Morgan fingerprint density at radius 1 is 1.00 bits per heavy atom. The van der Waals surface area contributed by atoms with E-state index in [0.717, 1.165) is 16.6 Å². The molecular weight excluding hydrogens is 308 g/mol. The number of nitrogens with zero attached hydrogens (tertiary/aromatic N) is 3. The van der Waals surface area contributed by atoms with Gasteiger partial charge in [-0.2, -0.15) is 4.98 Å². The largest absolute Gasteiger partial charge is 0.508 e. The summed E-state index contributed by atoms with van der Waals surface area (Å²) in [6, 6.07) is 6.81. The maximum atomic E-state index is 9.28. The van der Waals surface area contributed by atoms with Gasteiger partial charge in [0.05, 0.1) is 0 Å². The third-order valence-corrected chi connectivity index (χ3v) is 4.35. The number of aromatic hydroxyl groups is 1. The zero-order chi connectivity index (χ0) is 16.3.